The predicted octanol–water partition coefficient (Wildman–Crippen LogP) is 3.07. The Bertz CT molecular complexity index is 708. The molecule has 0 amide bonds. The van der Waals surface area contributed by atoms with E-state index in [1.54, 1.807) is 12.1 Å². The van der Waals surface area contributed by atoms with Crippen molar-refractivity contribution in [2.45, 2.75) is 26.8 Å². The third-order valence-corrected chi connectivity index (χ3v) is 3.62. The number of nitriles is 1. The zero-order chi connectivity index (χ0) is 15.4. The van der Waals surface area contributed by atoms with Crippen LogP contribution >= 0.6 is 0 Å². The number of carbonyl (C=O) groups excluding carboxylic acids is 1. The monoisotopic (exact) mass is 282 g/mol. The molecule has 0 fully saturated rings. The number of esters is 1. The van der Waals surface area contributed by atoms with Crippen molar-refractivity contribution >= 4 is 5.97 Å². The lowest BCUT2D eigenvalue weighted by Gasteiger charge is -2.11. The number of carbonyl (C=O) groups is 1. The average Bonchev–Trinajstić information content (AvgIpc) is 2.82. The van der Waals surface area contributed by atoms with Crippen molar-refractivity contribution in [3.8, 4) is 6.07 Å². The molecule has 2 rings (SSSR count). The Morgan fingerprint density at radius 2 is 2.05 bits per heavy atom. The third-order valence-electron chi connectivity index (χ3n) is 3.62. The predicted molar refractivity (Wildman–Crippen MR) is 80.1 cm³/mol. The van der Waals surface area contributed by atoms with Gasteiger partial charge >= 0.3 is 5.97 Å². The van der Waals surface area contributed by atoms with Gasteiger partial charge < -0.3 is 9.30 Å². The number of rotatable bonds is 4. The Hall–Kier alpha value is -2.54. The van der Waals surface area contributed by atoms with Crippen molar-refractivity contribution in [3.05, 3.63) is 58.4 Å². The number of aryl methyl sites for hydroxylation is 2. The molecule has 108 valence electrons. The van der Waals surface area contributed by atoms with Crippen LogP contribution < -0.4 is 0 Å². The molecule has 1 heterocycles. The summed E-state index contributed by atoms with van der Waals surface area (Å²) >= 11 is 0. The molecular weight excluding hydrogens is 264 g/mol. The van der Waals surface area contributed by atoms with Gasteiger partial charge in [-0.2, -0.15) is 5.26 Å². The molecule has 0 spiro atoms. The lowest BCUT2D eigenvalue weighted by molar-refractivity contribution is 0.0599. The topological polar surface area (TPSA) is 55.0 Å². The third kappa shape index (κ3) is 2.82. The van der Waals surface area contributed by atoms with Crippen LogP contribution in [0.5, 0.6) is 0 Å². The van der Waals surface area contributed by atoms with Gasteiger partial charge in [-0.3, -0.25) is 0 Å². The summed E-state index contributed by atoms with van der Waals surface area (Å²) in [7, 11) is 1.37. The Morgan fingerprint density at radius 1 is 1.33 bits per heavy atom. The highest BCUT2D eigenvalue weighted by molar-refractivity contribution is 5.91. The Labute approximate surface area is 124 Å². The molecule has 0 bridgehead atoms. The van der Waals surface area contributed by atoms with Crippen LogP contribution in [0.2, 0.25) is 0 Å². The van der Waals surface area contributed by atoms with Crippen LogP contribution in [0.3, 0.4) is 0 Å². The molecule has 0 aliphatic heterocycles. The molecular formula is C17H18N2O2. The minimum Gasteiger partial charge on any atom is -0.465 e. The zero-order valence-electron chi connectivity index (χ0n) is 12.5. The number of nitrogens with zero attached hydrogens (tertiary/aromatic N) is 2. The molecule has 1 aromatic heterocycles. The summed E-state index contributed by atoms with van der Waals surface area (Å²) in [5, 5.41) is 9.38. The fourth-order valence-corrected chi connectivity index (χ4v) is 2.49. The molecule has 0 radical (unpaired) electrons. The number of hydrogen-bond donors (Lipinski definition) is 0. The van der Waals surface area contributed by atoms with E-state index in [4.69, 9.17) is 4.74 Å². The first-order chi connectivity index (χ1) is 10.1. The summed E-state index contributed by atoms with van der Waals surface area (Å²) < 4.78 is 6.76. The lowest BCUT2D eigenvalue weighted by Crippen LogP contribution is -2.11. The highest BCUT2D eigenvalue weighted by Gasteiger charge is 2.15. The normalized spacial score (nSPS) is 10.2. The number of methoxy groups -OCH3 is 1. The first-order valence-corrected chi connectivity index (χ1v) is 6.87. The Kier molecular flexibility index (Phi) is 4.44. The van der Waals surface area contributed by atoms with E-state index in [0.29, 0.717) is 17.8 Å². The van der Waals surface area contributed by atoms with Crippen LogP contribution in [-0.2, 0) is 17.7 Å². The molecule has 1 aromatic carbocycles. The van der Waals surface area contributed by atoms with E-state index in [-0.39, 0.29) is 5.97 Å². The second-order valence-corrected chi connectivity index (χ2v) is 4.86. The quantitative estimate of drug-likeness (QED) is 0.810. The van der Waals surface area contributed by atoms with E-state index in [2.05, 4.69) is 6.07 Å². The minimum atomic E-state index is -0.357. The molecule has 0 N–H and O–H groups in total. The summed E-state index contributed by atoms with van der Waals surface area (Å²) in [5.41, 5.74) is 4.10. The molecule has 0 aliphatic carbocycles. The van der Waals surface area contributed by atoms with E-state index in [0.717, 1.165) is 23.2 Å². The molecule has 21 heavy (non-hydrogen) atoms. The Balaban J connectivity index is 2.47. The zero-order valence-corrected chi connectivity index (χ0v) is 12.5. The first-order valence-electron chi connectivity index (χ1n) is 6.87. The van der Waals surface area contributed by atoms with E-state index in [1.807, 2.05) is 36.6 Å². The van der Waals surface area contributed by atoms with Gasteiger partial charge in [-0.15, -0.1) is 0 Å². The highest BCUT2D eigenvalue weighted by atomic mass is 16.5. The number of ether oxygens (including phenoxy) is 1. The smallest absolute Gasteiger partial charge is 0.338 e. The second kappa shape index (κ2) is 6.27. The Morgan fingerprint density at radius 3 is 2.67 bits per heavy atom. The van der Waals surface area contributed by atoms with Gasteiger partial charge in [-0.25, -0.2) is 4.79 Å². The van der Waals surface area contributed by atoms with E-state index >= 15 is 0 Å². The molecule has 0 saturated carbocycles. The van der Waals surface area contributed by atoms with Gasteiger partial charge in [0.1, 0.15) is 11.8 Å². The molecule has 0 saturated heterocycles. The maximum Gasteiger partial charge on any atom is 0.338 e. The van der Waals surface area contributed by atoms with Crippen LogP contribution in [0.15, 0.2) is 30.3 Å². The van der Waals surface area contributed by atoms with Crippen LogP contribution in [-0.4, -0.2) is 17.6 Å². The van der Waals surface area contributed by atoms with Crippen molar-refractivity contribution < 1.29 is 9.53 Å². The van der Waals surface area contributed by atoms with Crippen molar-refractivity contribution in [2.75, 3.05) is 7.11 Å². The number of aromatic nitrogens is 1. The summed E-state index contributed by atoms with van der Waals surface area (Å²) in [6, 6.07) is 11.6. The summed E-state index contributed by atoms with van der Waals surface area (Å²) in [4.78, 5) is 11.8. The van der Waals surface area contributed by atoms with Gasteiger partial charge in [0.15, 0.2) is 0 Å². The van der Waals surface area contributed by atoms with E-state index in [1.165, 1.54) is 7.11 Å². The molecule has 0 unspecified atom stereocenters. The standard InChI is InChI=1S/C17H18N2O2/c1-4-13-9-12(2)19(16(13)10-18)11-14-7-5-6-8-15(14)17(20)21-3/h5-9H,4,11H2,1-3H3. The molecule has 0 aliphatic rings. The second-order valence-electron chi connectivity index (χ2n) is 4.86. The van der Waals surface area contributed by atoms with E-state index < -0.39 is 0 Å². The van der Waals surface area contributed by atoms with Crippen molar-refractivity contribution in [2.24, 2.45) is 0 Å². The van der Waals surface area contributed by atoms with Gasteiger partial charge in [-0.1, -0.05) is 25.1 Å². The van der Waals surface area contributed by atoms with Gasteiger partial charge in [0, 0.05) is 12.2 Å². The summed E-state index contributed by atoms with van der Waals surface area (Å²) in [6.45, 7) is 4.49. The maximum atomic E-state index is 11.8. The fourth-order valence-electron chi connectivity index (χ4n) is 2.49. The maximum absolute atomic E-state index is 11.8. The summed E-state index contributed by atoms with van der Waals surface area (Å²) in [5.74, 6) is -0.357. The van der Waals surface area contributed by atoms with Crippen LogP contribution in [0.25, 0.3) is 0 Å². The van der Waals surface area contributed by atoms with Crippen molar-refractivity contribution in [1.82, 2.24) is 4.57 Å². The molecule has 2 aromatic rings. The minimum absolute atomic E-state index is 0.357. The summed E-state index contributed by atoms with van der Waals surface area (Å²) in [6.07, 6.45) is 0.815. The number of benzene rings is 1. The van der Waals surface area contributed by atoms with Gasteiger partial charge in [0.25, 0.3) is 0 Å². The SMILES string of the molecule is CCc1cc(C)n(Cc2ccccc2C(=O)OC)c1C#N. The van der Waals surface area contributed by atoms with Gasteiger partial charge in [0.2, 0.25) is 0 Å². The van der Waals surface area contributed by atoms with Crippen LogP contribution in [0.1, 0.15) is 39.8 Å². The van der Waals surface area contributed by atoms with Gasteiger partial charge in [-0.05, 0) is 36.6 Å². The molecule has 4 nitrogen and oxygen atoms in total. The average molecular weight is 282 g/mol. The first kappa shape index (κ1) is 14.9. The largest absolute Gasteiger partial charge is 0.465 e. The lowest BCUT2D eigenvalue weighted by atomic mass is 10.1. The fraction of sp³-hybridized carbons (Fsp3) is 0.294. The number of hydrogen-bond acceptors (Lipinski definition) is 3. The van der Waals surface area contributed by atoms with Crippen molar-refractivity contribution in [1.29, 1.82) is 5.26 Å². The van der Waals surface area contributed by atoms with E-state index in [9.17, 15) is 10.1 Å². The van der Waals surface area contributed by atoms with Crippen LogP contribution in [0, 0.1) is 18.3 Å². The molecule has 0 atom stereocenters. The molecule has 4 heteroatoms. The van der Waals surface area contributed by atoms with Crippen molar-refractivity contribution in [3.63, 3.8) is 0 Å². The van der Waals surface area contributed by atoms with Gasteiger partial charge in [0.05, 0.1) is 12.7 Å². The highest BCUT2D eigenvalue weighted by Crippen LogP contribution is 2.19. The van der Waals surface area contributed by atoms with Crippen LogP contribution in [0.4, 0.5) is 0 Å².